The van der Waals surface area contributed by atoms with Crippen LogP contribution in [0.5, 0.6) is 0 Å². The van der Waals surface area contributed by atoms with Gasteiger partial charge in [-0.2, -0.15) is 0 Å². The average Bonchev–Trinajstić information content (AvgIpc) is 2.71. The van der Waals surface area contributed by atoms with Crippen LogP contribution in [0.15, 0.2) is 22.8 Å². The molecule has 4 nitrogen and oxygen atoms in total. The van der Waals surface area contributed by atoms with Gasteiger partial charge >= 0.3 is 5.97 Å². The quantitative estimate of drug-likeness (QED) is 0.598. The fourth-order valence-corrected chi connectivity index (χ4v) is 1.88. The molecule has 0 amide bonds. The molecule has 0 N–H and O–H groups in total. The van der Waals surface area contributed by atoms with Crippen LogP contribution in [0.4, 0.5) is 13.2 Å². The van der Waals surface area contributed by atoms with E-state index >= 15 is 0 Å². The zero-order valence-electron chi connectivity index (χ0n) is 10.3. The number of carbonyl (C=O) groups is 1. The summed E-state index contributed by atoms with van der Waals surface area (Å²) in [4.78, 5) is 15.4. The Kier molecular flexibility index (Phi) is 5.94. The van der Waals surface area contributed by atoms with Gasteiger partial charge in [-0.15, -0.1) is 0 Å². The maximum absolute atomic E-state index is 12.6. The average molecular weight is 294 g/mol. The molecule has 106 valence electrons. The Hall–Kier alpha value is -1.44. The predicted molar refractivity (Wildman–Crippen MR) is 65.1 cm³/mol. The number of esters is 1. The second-order valence-electron chi connectivity index (χ2n) is 3.43. The minimum Gasteiger partial charge on any atom is -0.461 e. The molecule has 1 unspecified atom stereocenters. The lowest BCUT2D eigenvalue weighted by molar-refractivity contribution is 0.0514. The standard InChI is InChI=1S/C11H13F3N2O2S/c1-3-18-10(17)8-6-15-11(16(8)2)19-5-4-7(12)9(13)14/h4-7,9H,3H2,1-2H3/b5-4+. The van der Waals surface area contributed by atoms with Gasteiger partial charge in [-0.3, -0.25) is 0 Å². The summed E-state index contributed by atoms with van der Waals surface area (Å²) in [5.41, 5.74) is 0.239. The van der Waals surface area contributed by atoms with E-state index in [1.165, 1.54) is 16.2 Å². The van der Waals surface area contributed by atoms with Gasteiger partial charge in [-0.25, -0.2) is 22.9 Å². The van der Waals surface area contributed by atoms with Crippen molar-refractivity contribution in [3.05, 3.63) is 23.4 Å². The van der Waals surface area contributed by atoms with Crippen LogP contribution in [0.1, 0.15) is 17.4 Å². The van der Waals surface area contributed by atoms with Crippen molar-refractivity contribution in [1.29, 1.82) is 0 Å². The van der Waals surface area contributed by atoms with Gasteiger partial charge in [0.05, 0.1) is 12.8 Å². The van der Waals surface area contributed by atoms with E-state index in [2.05, 4.69) is 4.98 Å². The fraction of sp³-hybridized carbons (Fsp3) is 0.455. The van der Waals surface area contributed by atoms with Gasteiger partial charge in [-0.1, -0.05) is 11.8 Å². The zero-order valence-corrected chi connectivity index (χ0v) is 11.2. The SMILES string of the molecule is CCOC(=O)c1cnc(S/C=C/C(F)C(F)F)n1C. The Balaban J connectivity index is 2.68. The van der Waals surface area contributed by atoms with E-state index in [-0.39, 0.29) is 12.3 Å². The van der Waals surface area contributed by atoms with Gasteiger partial charge in [0.1, 0.15) is 5.69 Å². The van der Waals surface area contributed by atoms with Crippen LogP contribution in [-0.2, 0) is 11.8 Å². The van der Waals surface area contributed by atoms with E-state index in [0.717, 1.165) is 17.8 Å². The Morgan fingerprint density at radius 1 is 1.58 bits per heavy atom. The molecular formula is C11H13F3N2O2S. The largest absolute Gasteiger partial charge is 0.461 e. The first-order valence-electron chi connectivity index (χ1n) is 5.41. The van der Waals surface area contributed by atoms with Crippen molar-refractivity contribution in [2.45, 2.75) is 24.7 Å². The Labute approximate surface area is 112 Å². The van der Waals surface area contributed by atoms with Crippen molar-refractivity contribution < 1.29 is 22.7 Å². The monoisotopic (exact) mass is 294 g/mol. The van der Waals surface area contributed by atoms with E-state index in [4.69, 9.17) is 4.74 Å². The molecule has 8 heteroatoms. The van der Waals surface area contributed by atoms with Crippen molar-refractivity contribution in [1.82, 2.24) is 9.55 Å². The fourth-order valence-electron chi connectivity index (χ4n) is 1.16. The smallest absolute Gasteiger partial charge is 0.356 e. The third-order valence-electron chi connectivity index (χ3n) is 2.11. The molecule has 19 heavy (non-hydrogen) atoms. The molecule has 0 bridgehead atoms. The summed E-state index contributed by atoms with van der Waals surface area (Å²) in [6, 6.07) is 0. The van der Waals surface area contributed by atoms with E-state index in [1.54, 1.807) is 14.0 Å². The van der Waals surface area contributed by atoms with Gasteiger partial charge in [0.2, 0.25) is 0 Å². The number of rotatable bonds is 6. The highest BCUT2D eigenvalue weighted by Gasteiger charge is 2.16. The van der Waals surface area contributed by atoms with Crippen LogP contribution >= 0.6 is 11.8 Å². The van der Waals surface area contributed by atoms with E-state index < -0.39 is 18.6 Å². The lowest BCUT2D eigenvalue weighted by atomic mass is 10.4. The molecule has 0 aliphatic heterocycles. The van der Waals surface area contributed by atoms with Crippen molar-refractivity contribution in [2.75, 3.05) is 6.61 Å². The molecule has 0 aliphatic carbocycles. The van der Waals surface area contributed by atoms with Crippen molar-refractivity contribution >= 4 is 17.7 Å². The molecule has 1 atom stereocenters. The summed E-state index contributed by atoms with van der Waals surface area (Å²) in [6.45, 7) is 1.92. The molecule has 0 fully saturated rings. The number of halogens is 3. The summed E-state index contributed by atoms with van der Waals surface area (Å²) in [5.74, 6) is -0.524. The number of allylic oxidation sites excluding steroid dienone is 1. The second-order valence-corrected chi connectivity index (χ2v) is 4.30. The van der Waals surface area contributed by atoms with Gasteiger partial charge in [0, 0.05) is 7.05 Å². The van der Waals surface area contributed by atoms with E-state index in [1.807, 2.05) is 0 Å². The number of aromatic nitrogens is 2. The number of thioether (sulfide) groups is 1. The second kappa shape index (κ2) is 7.22. The molecule has 0 aliphatic rings. The number of nitrogens with zero attached hydrogens (tertiary/aromatic N) is 2. The summed E-state index contributed by atoms with van der Waals surface area (Å²) in [6.07, 6.45) is -3.30. The Morgan fingerprint density at radius 3 is 2.84 bits per heavy atom. The lowest BCUT2D eigenvalue weighted by Gasteiger charge is -2.03. The van der Waals surface area contributed by atoms with Crippen LogP contribution in [0.25, 0.3) is 0 Å². The van der Waals surface area contributed by atoms with Gasteiger partial charge < -0.3 is 9.30 Å². The number of hydrogen-bond donors (Lipinski definition) is 0. The van der Waals surface area contributed by atoms with Crippen molar-refractivity contribution in [3.8, 4) is 0 Å². The topological polar surface area (TPSA) is 44.1 Å². The summed E-state index contributed by atoms with van der Waals surface area (Å²) in [7, 11) is 1.58. The first kappa shape index (κ1) is 15.6. The zero-order chi connectivity index (χ0) is 14.4. The lowest BCUT2D eigenvalue weighted by Crippen LogP contribution is -2.10. The maximum Gasteiger partial charge on any atom is 0.356 e. The number of hydrogen-bond acceptors (Lipinski definition) is 4. The maximum atomic E-state index is 12.6. The Morgan fingerprint density at radius 2 is 2.26 bits per heavy atom. The number of carbonyl (C=O) groups excluding carboxylic acids is 1. The summed E-state index contributed by atoms with van der Waals surface area (Å²) in [5, 5.41) is 1.55. The Bertz CT molecular complexity index is 463. The molecule has 0 aromatic carbocycles. The van der Waals surface area contributed by atoms with E-state index in [0.29, 0.717) is 5.16 Å². The number of ether oxygens (including phenoxy) is 1. The van der Waals surface area contributed by atoms with Crippen LogP contribution in [0.2, 0.25) is 0 Å². The van der Waals surface area contributed by atoms with Gasteiger partial charge in [0.15, 0.2) is 11.3 Å². The van der Waals surface area contributed by atoms with Crippen LogP contribution < -0.4 is 0 Å². The van der Waals surface area contributed by atoms with Crippen molar-refractivity contribution in [3.63, 3.8) is 0 Å². The third kappa shape index (κ3) is 4.30. The molecule has 0 saturated heterocycles. The normalized spacial score (nSPS) is 13.2. The molecule has 1 heterocycles. The van der Waals surface area contributed by atoms with E-state index in [9.17, 15) is 18.0 Å². The molecule has 0 spiro atoms. The first-order valence-corrected chi connectivity index (χ1v) is 6.29. The van der Waals surface area contributed by atoms with Gasteiger partial charge in [-0.05, 0) is 18.4 Å². The van der Waals surface area contributed by atoms with Crippen molar-refractivity contribution in [2.24, 2.45) is 7.05 Å². The molecule has 1 aromatic heterocycles. The summed E-state index contributed by atoms with van der Waals surface area (Å²) >= 11 is 0.939. The van der Waals surface area contributed by atoms with Crippen LogP contribution in [0, 0.1) is 0 Å². The van der Waals surface area contributed by atoms with Crippen LogP contribution in [0.3, 0.4) is 0 Å². The molecule has 0 radical (unpaired) electrons. The highest BCUT2D eigenvalue weighted by molar-refractivity contribution is 8.02. The number of imidazole rings is 1. The minimum atomic E-state index is -3.05. The highest BCUT2D eigenvalue weighted by Crippen LogP contribution is 2.20. The molecule has 0 saturated carbocycles. The first-order chi connectivity index (χ1) is 8.97. The predicted octanol–water partition coefficient (Wildman–Crippen LogP) is 2.81. The highest BCUT2D eigenvalue weighted by atomic mass is 32.2. The van der Waals surface area contributed by atoms with Crippen LogP contribution in [-0.4, -0.2) is 34.7 Å². The molecular weight excluding hydrogens is 281 g/mol. The molecule has 1 rings (SSSR count). The van der Waals surface area contributed by atoms with Gasteiger partial charge in [0.25, 0.3) is 6.43 Å². The minimum absolute atomic E-state index is 0.239. The third-order valence-corrected chi connectivity index (χ3v) is 2.99. The molecule has 1 aromatic rings. The summed E-state index contributed by atoms with van der Waals surface area (Å²) < 4.78 is 42.7. The number of alkyl halides is 3.